The molecule has 3 heterocycles. The molecule has 0 saturated carbocycles. The molecule has 0 aromatic carbocycles. The summed E-state index contributed by atoms with van der Waals surface area (Å²) in [5, 5.41) is 13.2. The predicted octanol–water partition coefficient (Wildman–Crippen LogP) is 1.90. The number of aliphatic imine (C=N–C) groups is 1. The molecule has 0 unspecified atom stereocenters. The van der Waals surface area contributed by atoms with Crippen molar-refractivity contribution in [1.82, 2.24) is 25.0 Å². The number of fused-ring (bicyclic) bond motifs is 1. The first-order valence-electron chi connectivity index (χ1n) is 9.40. The number of thiophene rings is 1. The Hall–Kier alpha value is -2.09. The highest BCUT2D eigenvalue weighted by Crippen LogP contribution is 2.16. The Morgan fingerprint density at radius 3 is 3.00 bits per heavy atom. The maximum atomic E-state index is 12.3. The van der Waals surface area contributed by atoms with Gasteiger partial charge in [0.1, 0.15) is 5.82 Å². The molecule has 142 valence electrons. The number of hydrogen-bond acceptors (Lipinski definition) is 4. The Balaban J connectivity index is 1.50. The molecular weight excluding hydrogens is 348 g/mol. The SMILES string of the molecule is CCNC(=NCc1sccc1C)NCCCn1nc2n(c1=O)CCCC2. The molecule has 0 bridgehead atoms. The second-order valence-corrected chi connectivity index (χ2v) is 7.53. The van der Waals surface area contributed by atoms with E-state index < -0.39 is 0 Å². The average molecular weight is 377 g/mol. The summed E-state index contributed by atoms with van der Waals surface area (Å²) in [6.07, 6.45) is 3.95. The predicted molar refractivity (Wildman–Crippen MR) is 106 cm³/mol. The van der Waals surface area contributed by atoms with E-state index >= 15 is 0 Å². The smallest absolute Gasteiger partial charge is 0.345 e. The van der Waals surface area contributed by atoms with Crippen molar-refractivity contribution < 1.29 is 0 Å². The monoisotopic (exact) mass is 376 g/mol. The van der Waals surface area contributed by atoms with Gasteiger partial charge in [0, 0.05) is 37.5 Å². The molecule has 0 spiro atoms. The van der Waals surface area contributed by atoms with Crippen LogP contribution < -0.4 is 16.3 Å². The molecule has 8 heteroatoms. The molecule has 2 aromatic rings. The highest BCUT2D eigenvalue weighted by molar-refractivity contribution is 7.10. The number of hydrogen-bond donors (Lipinski definition) is 2. The van der Waals surface area contributed by atoms with Crippen LogP contribution in [0.1, 0.15) is 42.5 Å². The molecule has 0 aliphatic carbocycles. The number of nitrogens with one attached hydrogen (secondary N) is 2. The summed E-state index contributed by atoms with van der Waals surface area (Å²) in [7, 11) is 0. The number of nitrogens with zero attached hydrogens (tertiary/aromatic N) is 4. The van der Waals surface area contributed by atoms with Crippen LogP contribution >= 0.6 is 11.3 Å². The molecular formula is C18H28N6OS. The van der Waals surface area contributed by atoms with Crippen molar-refractivity contribution in [3.8, 4) is 0 Å². The Morgan fingerprint density at radius 2 is 2.27 bits per heavy atom. The summed E-state index contributed by atoms with van der Waals surface area (Å²) in [5.74, 6) is 1.76. The minimum Gasteiger partial charge on any atom is -0.357 e. The zero-order valence-corrected chi connectivity index (χ0v) is 16.4. The number of guanidine groups is 1. The first kappa shape index (κ1) is 18.7. The van der Waals surface area contributed by atoms with E-state index in [1.54, 1.807) is 16.0 Å². The summed E-state index contributed by atoms with van der Waals surface area (Å²) in [4.78, 5) is 18.3. The fourth-order valence-corrected chi connectivity index (χ4v) is 3.92. The van der Waals surface area contributed by atoms with Crippen molar-refractivity contribution in [3.63, 3.8) is 0 Å². The summed E-state index contributed by atoms with van der Waals surface area (Å²) in [5.41, 5.74) is 1.33. The second-order valence-electron chi connectivity index (χ2n) is 6.53. The van der Waals surface area contributed by atoms with Crippen LogP contribution in [-0.2, 0) is 26.1 Å². The zero-order valence-electron chi connectivity index (χ0n) is 15.6. The summed E-state index contributed by atoms with van der Waals surface area (Å²) >= 11 is 1.74. The van der Waals surface area contributed by atoms with Gasteiger partial charge in [-0.3, -0.25) is 4.57 Å². The van der Waals surface area contributed by atoms with Crippen molar-refractivity contribution >= 4 is 17.3 Å². The van der Waals surface area contributed by atoms with Gasteiger partial charge in [-0.2, -0.15) is 5.10 Å². The van der Waals surface area contributed by atoms with Crippen LogP contribution in [0.15, 0.2) is 21.2 Å². The molecule has 0 fully saturated rings. The van der Waals surface area contributed by atoms with E-state index in [2.05, 4.69) is 46.0 Å². The van der Waals surface area contributed by atoms with Crippen LogP contribution in [0.2, 0.25) is 0 Å². The molecule has 7 nitrogen and oxygen atoms in total. The van der Waals surface area contributed by atoms with Gasteiger partial charge >= 0.3 is 5.69 Å². The molecule has 3 rings (SSSR count). The molecule has 2 aromatic heterocycles. The highest BCUT2D eigenvalue weighted by atomic mass is 32.1. The summed E-state index contributed by atoms with van der Waals surface area (Å²) in [6.45, 7) is 7.88. The molecule has 1 aliphatic heterocycles. The molecule has 26 heavy (non-hydrogen) atoms. The van der Waals surface area contributed by atoms with Gasteiger partial charge in [-0.1, -0.05) is 0 Å². The normalized spacial score (nSPS) is 14.3. The van der Waals surface area contributed by atoms with Gasteiger partial charge in [0.2, 0.25) is 0 Å². The first-order valence-corrected chi connectivity index (χ1v) is 10.3. The lowest BCUT2D eigenvalue weighted by Crippen LogP contribution is -2.38. The Labute approximate surface area is 158 Å². The van der Waals surface area contributed by atoms with Gasteiger partial charge in [-0.25, -0.2) is 14.5 Å². The van der Waals surface area contributed by atoms with Gasteiger partial charge in [0.05, 0.1) is 6.54 Å². The van der Waals surface area contributed by atoms with Crippen LogP contribution in [0.25, 0.3) is 0 Å². The number of rotatable bonds is 7. The highest BCUT2D eigenvalue weighted by Gasteiger charge is 2.16. The van der Waals surface area contributed by atoms with Gasteiger partial charge < -0.3 is 10.6 Å². The van der Waals surface area contributed by atoms with Crippen molar-refractivity contribution in [2.75, 3.05) is 13.1 Å². The maximum absolute atomic E-state index is 12.3. The topological polar surface area (TPSA) is 76.2 Å². The Bertz CT molecular complexity index is 803. The maximum Gasteiger partial charge on any atom is 0.345 e. The third-order valence-corrected chi connectivity index (χ3v) is 5.57. The number of aryl methyl sites for hydroxylation is 3. The van der Waals surface area contributed by atoms with E-state index in [4.69, 9.17) is 0 Å². The van der Waals surface area contributed by atoms with Crippen LogP contribution in [0, 0.1) is 6.92 Å². The standard InChI is InChI=1S/C18H28N6OS/c1-3-19-17(21-13-15-14(2)8-12-26-15)20-9-6-11-24-18(25)23-10-5-4-7-16(23)22-24/h8,12H,3-7,9-11,13H2,1-2H3,(H2,19,20,21). The average Bonchev–Trinajstić information content (AvgIpc) is 3.20. The van der Waals surface area contributed by atoms with E-state index in [0.717, 1.165) is 57.1 Å². The summed E-state index contributed by atoms with van der Waals surface area (Å²) in [6, 6.07) is 2.12. The van der Waals surface area contributed by atoms with E-state index in [1.165, 1.54) is 10.4 Å². The molecule has 0 saturated heterocycles. The van der Waals surface area contributed by atoms with E-state index in [1.807, 2.05) is 4.57 Å². The Kier molecular flexibility index (Phi) is 6.49. The lowest BCUT2D eigenvalue weighted by Gasteiger charge is -2.11. The molecule has 1 aliphatic rings. The quantitative estimate of drug-likeness (QED) is 0.440. The van der Waals surface area contributed by atoms with E-state index in [9.17, 15) is 4.79 Å². The van der Waals surface area contributed by atoms with Crippen molar-refractivity contribution in [2.24, 2.45) is 4.99 Å². The molecule has 2 N–H and O–H groups in total. The second kappa shape index (κ2) is 9.02. The fraction of sp³-hybridized carbons (Fsp3) is 0.611. The molecule has 0 atom stereocenters. The van der Waals surface area contributed by atoms with Crippen LogP contribution in [-0.4, -0.2) is 33.4 Å². The van der Waals surface area contributed by atoms with Gasteiger partial charge in [0.15, 0.2) is 5.96 Å². The molecule has 0 radical (unpaired) electrons. The van der Waals surface area contributed by atoms with Gasteiger partial charge in [-0.05, 0) is 50.1 Å². The zero-order chi connectivity index (χ0) is 18.4. The van der Waals surface area contributed by atoms with Crippen molar-refractivity contribution in [2.45, 2.75) is 59.2 Å². The largest absolute Gasteiger partial charge is 0.357 e. The summed E-state index contributed by atoms with van der Waals surface area (Å²) < 4.78 is 3.44. The van der Waals surface area contributed by atoms with Gasteiger partial charge in [-0.15, -0.1) is 11.3 Å². The Morgan fingerprint density at radius 1 is 1.38 bits per heavy atom. The lowest BCUT2D eigenvalue weighted by molar-refractivity contribution is 0.509. The van der Waals surface area contributed by atoms with Gasteiger partial charge in [0.25, 0.3) is 0 Å². The fourth-order valence-electron chi connectivity index (χ4n) is 3.09. The third kappa shape index (κ3) is 4.55. The van der Waals surface area contributed by atoms with E-state index in [-0.39, 0.29) is 5.69 Å². The third-order valence-electron chi connectivity index (χ3n) is 4.56. The minimum atomic E-state index is 0.0356. The van der Waals surface area contributed by atoms with Crippen molar-refractivity contribution in [3.05, 3.63) is 38.2 Å². The minimum absolute atomic E-state index is 0.0356. The van der Waals surface area contributed by atoms with Crippen LogP contribution in [0.5, 0.6) is 0 Å². The molecule has 0 amide bonds. The first-order chi connectivity index (χ1) is 12.7. The van der Waals surface area contributed by atoms with Crippen molar-refractivity contribution in [1.29, 1.82) is 0 Å². The van der Waals surface area contributed by atoms with Crippen LogP contribution in [0.4, 0.5) is 0 Å². The lowest BCUT2D eigenvalue weighted by atomic mass is 10.2. The van der Waals surface area contributed by atoms with E-state index in [0.29, 0.717) is 13.1 Å². The number of aromatic nitrogens is 3. The van der Waals surface area contributed by atoms with Crippen LogP contribution in [0.3, 0.4) is 0 Å².